The summed E-state index contributed by atoms with van der Waals surface area (Å²) < 4.78 is 6.38. The van der Waals surface area contributed by atoms with Gasteiger partial charge in [-0.3, -0.25) is 4.79 Å². The Labute approximate surface area is 139 Å². The van der Waals surface area contributed by atoms with E-state index in [-0.39, 0.29) is 5.91 Å². The van der Waals surface area contributed by atoms with Crippen LogP contribution in [0.4, 0.5) is 5.69 Å². The fraction of sp³-hybridized carbons (Fsp3) is 0.278. The molecule has 0 bridgehead atoms. The summed E-state index contributed by atoms with van der Waals surface area (Å²) in [6.45, 7) is 6.70. The molecule has 4 heteroatoms. The van der Waals surface area contributed by atoms with Crippen LogP contribution in [-0.2, 0) is 0 Å². The average Bonchev–Trinajstić information content (AvgIpc) is 2.49. The van der Waals surface area contributed by atoms with Crippen molar-refractivity contribution in [1.29, 1.82) is 0 Å². The molecule has 2 aromatic rings. The van der Waals surface area contributed by atoms with Gasteiger partial charge in [0.25, 0.3) is 5.91 Å². The van der Waals surface area contributed by atoms with E-state index in [9.17, 15) is 4.79 Å². The van der Waals surface area contributed by atoms with Crippen LogP contribution >= 0.6 is 15.9 Å². The third-order valence-electron chi connectivity index (χ3n) is 3.30. The molecule has 0 spiro atoms. The maximum absolute atomic E-state index is 12.4. The number of hydrogen-bond donors (Lipinski definition) is 1. The number of anilines is 1. The largest absolute Gasteiger partial charge is 0.492 e. The van der Waals surface area contributed by atoms with E-state index in [1.54, 1.807) is 12.1 Å². The minimum atomic E-state index is -0.128. The van der Waals surface area contributed by atoms with Gasteiger partial charge in [-0.15, -0.1) is 0 Å². The molecule has 0 saturated heterocycles. The summed E-state index contributed by atoms with van der Waals surface area (Å²) in [5.74, 6) is 0.626. The standard InChI is InChI=1S/C18H20BrNO2/c1-4-9-22-17-8-7-14(11-15(17)19)18(21)20-16-10-12(2)5-6-13(16)3/h5-8,10-11H,4,9H2,1-3H3,(H,20,21). The molecule has 0 fully saturated rings. The second-order valence-corrected chi connectivity index (χ2v) is 6.12. The predicted molar refractivity (Wildman–Crippen MR) is 93.8 cm³/mol. The first-order valence-corrected chi connectivity index (χ1v) is 8.11. The maximum atomic E-state index is 12.4. The van der Waals surface area contributed by atoms with E-state index >= 15 is 0 Å². The average molecular weight is 362 g/mol. The normalized spacial score (nSPS) is 10.4. The van der Waals surface area contributed by atoms with Crippen molar-refractivity contribution >= 4 is 27.5 Å². The lowest BCUT2D eigenvalue weighted by Gasteiger charge is -2.11. The Morgan fingerprint density at radius 3 is 2.64 bits per heavy atom. The first kappa shape index (κ1) is 16.6. The van der Waals surface area contributed by atoms with Gasteiger partial charge >= 0.3 is 0 Å². The summed E-state index contributed by atoms with van der Waals surface area (Å²) in [4.78, 5) is 12.4. The fourth-order valence-corrected chi connectivity index (χ4v) is 2.53. The molecule has 0 aromatic heterocycles. The van der Waals surface area contributed by atoms with Crippen molar-refractivity contribution in [2.75, 3.05) is 11.9 Å². The van der Waals surface area contributed by atoms with E-state index < -0.39 is 0 Å². The topological polar surface area (TPSA) is 38.3 Å². The van der Waals surface area contributed by atoms with Gasteiger partial charge in [-0.05, 0) is 71.6 Å². The van der Waals surface area contributed by atoms with Gasteiger partial charge in [0.15, 0.2) is 0 Å². The third-order valence-corrected chi connectivity index (χ3v) is 3.92. The fourth-order valence-electron chi connectivity index (χ4n) is 2.04. The van der Waals surface area contributed by atoms with Gasteiger partial charge in [-0.25, -0.2) is 0 Å². The molecule has 1 amide bonds. The van der Waals surface area contributed by atoms with E-state index in [1.165, 1.54) is 0 Å². The molecule has 3 nitrogen and oxygen atoms in total. The summed E-state index contributed by atoms with van der Waals surface area (Å²) in [6, 6.07) is 11.4. The molecule has 0 aliphatic heterocycles. The van der Waals surface area contributed by atoms with Gasteiger partial charge in [-0.1, -0.05) is 19.1 Å². The smallest absolute Gasteiger partial charge is 0.255 e. The predicted octanol–water partition coefficient (Wildman–Crippen LogP) is 5.11. The van der Waals surface area contributed by atoms with Crippen molar-refractivity contribution in [1.82, 2.24) is 0 Å². The minimum absolute atomic E-state index is 0.128. The number of nitrogens with one attached hydrogen (secondary N) is 1. The molecule has 0 atom stereocenters. The van der Waals surface area contributed by atoms with Crippen LogP contribution in [0.2, 0.25) is 0 Å². The van der Waals surface area contributed by atoms with Crippen LogP contribution in [0, 0.1) is 13.8 Å². The van der Waals surface area contributed by atoms with E-state index in [0.29, 0.717) is 12.2 Å². The quantitative estimate of drug-likeness (QED) is 0.803. The second-order valence-electron chi connectivity index (χ2n) is 5.27. The van der Waals surface area contributed by atoms with Crippen molar-refractivity contribution in [2.24, 2.45) is 0 Å². The molecule has 0 radical (unpaired) electrons. The molecule has 0 heterocycles. The van der Waals surface area contributed by atoms with Crippen LogP contribution in [0.15, 0.2) is 40.9 Å². The molecular weight excluding hydrogens is 342 g/mol. The SMILES string of the molecule is CCCOc1ccc(C(=O)Nc2cc(C)ccc2C)cc1Br. The van der Waals surface area contributed by atoms with Crippen LogP contribution in [-0.4, -0.2) is 12.5 Å². The summed E-state index contributed by atoms with van der Waals surface area (Å²) in [5, 5.41) is 2.96. The van der Waals surface area contributed by atoms with Crippen LogP contribution in [0.1, 0.15) is 34.8 Å². The highest BCUT2D eigenvalue weighted by Crippen LogP contribution is 2.27. The number of halogens is 1. The van der Waals surface area contributed by atoms with E-state index in [4.69, 9.17) is 4.74 Å². The molecule has 2 rings (SSSR count). The van der Waals surface area contributed by atoms with Crippen LogP contribution in [0.3, 0.4) is 0 Å². The van der Waals surface area contributed by atoms with E-state index in [1.807, 2.05) is 38.1 Å². The number of amides is 1. The zero-order chi connectivity index (χ0) is 16.1. The van der Waals surface area contributed by atoms with E-state index in [2.05, 4.69) is 28.2 Å². The number of carbonyl (C=O) groups excluding carboxylic acids is 1. The van der Waals surface area contributed by atoms with Crippen LogP contribution < -0.4 is 10.1 Å². The minimum Gasteiger partial charge on any atom is -0.492 e. The van der Waals surface area contributed by atoms with Crippen molar-refractivity contribution in [3.63, 3.8) is 0 Å². The Balaban J connectivity index is 2.16. The van der Waals surface area contributed by atoms with Gasteiger partial charge < -0.3 is 10.1 Å². The molecule has 0 saturated carbocycles. The van der Waals surface area contributed by atoms with Crippen molar-refractivity contribution in [3.05, 3.63) is 57.6 Å². The summed E-state index contributed by atoms with van der Waals surface area (Å²) in [7, 11) is 0. The molecule has 22 heavy (non-hydrogen) atoms. The van der Waals surface area contributed by atoms with Gasteiger partial charge in [0.1, 0.15) is 5.75 Å². The highest BCUT2D eigenvalue weighted by molar-refractivity contribution is 9.10. The monoisotopic (exact) mass is 361 g/mol. The number of benzene rings is 2. The molecule has 0 aliphatic rings. The molecule has 2 aromatic carbocycles. The zero-order valence-corrected chi connectivity index (χ0v) is 14.7. The Bertz CT molecular complexity index is 683. The zero-order valence-electron chi connectivity index (χ0n) is 13.1. The highest BCUT2D eigenvalue weighted by atomic mass is 79.9. The molecule has 116 valence electrons. The van der Waals surface area contributed by atoms with Crippen molar-refractivity contribution in [3.8, 4) is 5.75 Å². The number of aryl methyl sites for hydroxylation is 2. The molecule has 0 unspecified atom stereocenters. The van der Waals surface area contributed by atoms with Crippen LogP contribution in [0.5, 0.6) is 5.75 Å². The number of hydrogen-bond acceptors (Lipinski definition) is 2. The summed E-state index contributed by atoms with van der Waals surface area (Å²) in [5.41, 5.74) is 3.59. The number of carbonyl (C=O) groups is 1. The summed E-state index contributed by atoms with van der Waals surface area (Å²) in [6.07, 6.45) is 0.946. The first-order chi connectivity index (χ1) is 10.5. The lowest BCUT2D eigenvalue weighted by atomic mass is 10.1. The Morgan fingerprint density at radius 1 is 1.18 bits per heavy atom. The molecule has 0 aliphatic carbocycles. The number of rotatable bonds is 5. The lowest BCUT2D eigenvalue weighted by Crippen LogP contribution is -2.13. The van der Waals surface area contributed by atoms with Crippen LogP contribution in [0.25, 0.3) is 0 Å². The molecular formula is C18H20BrNO2. The van der Waals surface area contributed by atoms with E-state index in [0.717, 1.165) is 33.5 Å². The van der Waals surface area contributed by atoms with Gasteiger partial charge in [0.05, 0.1) is 11.1 Å². The Morgan fingerprint density at radius 2 is 1.95 bits per heavy atom. The molecule has 1 N–H and O–H groups in total. The van der Waals surface area contributed by atoms with Crippen molar-refractivity contribution in [2.45, 2.75) is 27.2 Å². The Kier molecular flexibility index (Phi) is 5.61. The van der Waals surface area contributed by atoms with Gasteiger partial charge in [0, 0.05) is 11.3 Å². The Hall–Kier alpha value is -1.81. The number of ether oxygens (including phenoxy) is 1. The lowest BCUT2D eigenvalue weighted by molar-refractivity contribution is 0.102. The van der Waals surface area contributed by atoms with Crippen molar-refractivity contribution < 1.29 is 9.53 Å². The highest BCUT2D eigenvalue weighted by Gasteiger charge is 2.11. The first-order valence-electron chi connectivity index (χ1n) is 7.32. The van der Waals surface area contributed by atoms with Gasteiger partial charge in [-0.2, -0.15) is 0 Å². The maximum Gasteiger partial charge on any atom is 0.255 e. The summed E-state index contributed by atoms with van der Waals surface area (Å²) >= 11 is 3.45. The third kappa shape index (κ3) is 4.10. The second kappa shape index (κ2) is 7.45. The van der Waals surface area contributed by atoms with Gasteiger partial charge in [0.2, 0.25) is 0 Å².